The molecule has 0 saturated heterocycles. The first kappa shape index (κ1) is 13.0. The number of ether oxygens (including phenoxy) is 1. The van der Waals surface area contributed by atoms with E-state index in [-0.39, 0.29) is 0 Å². The fourth-order valence-corrected chi connectivity index (χ4v) is 3.60. The molecule has 6 heterocycles. The number of hydrogen-bond acceptors (Lipinski definition) is 3. The third-order valence-electron chi connectivity index (χ3n) is 4.79. The van der Waals surface area contributed by atoms with Crippen molar-refractivity contribution in [2.75, 3.05) is 0 Å². The Hall–Kier alpha value is -3.34. The van der Waals surface area contributed by atoms with Crippen LogP contribution >= 0.6 is 0 Å². The van der Waals surface area contributed by atoms with Crippen molar-refractivity contribution in [3.05, 3.63) is 69.9 Å². The van der Waals surface area contributed by atoms with Crippen molar-refractivity contribution in [2.24, 2.45) is 9.98 Å². The maximum atomic E-state index is 6.46. The van der Waals surface area contributed by atoms with Crippen molar-refractivity contribution in [1.82, 2.24) is 9.97 Å². The smallest absolute Gasteiger partial charge is 0.176 e. The predicted octanol–water partition coefficient (Wildman–Crippen LogP) is 2.23. The second-order valence-corrected chi connectivity index (χ2v) is 6.51. The summed E-state index contributed by atoms with van der Waals surface area (Å²) in [6.45, 7) is 0. The molecule has 4 aliphatic rings. The van der Waals surface area contributed by atoms with Crippen LogP contribution < -0.4 is 10.7 Å². The monoisotopic (exact) mass is 326 g/mol. The lowest BCUT2D eigenvalue weighted by Gasteiger charge is -2.14. The number of nitrogens with zero attached hydrogens (tertiary/aromatic N) is 2. The van der Waals surface area contributed by atoms with Gasteiger partial charge in [0, 0.05) is 16.8 Å². The summed E-state index contributed by atoms with van der Waals surface area (Å²) < 4.78 is 6.46. The molecular weight excluding hydrogens is 312 g/mol. The van der Waals surface area contributed by atoms with Crippen molar-refractivity contribution in [2.45, 2.75) is 12.8 Å². The molecule has 5 heteroatoms. The minimum atomic E-state index is 0.727. The Balaban J connectivity index is 1.75. The SMILES string of the molecule is C1=CC2=NC1=Cc1ccc([nH]1)C1=C3CCC(=N3)C=c3ccc([nH]3)=C2O1. The van der Waals surface area contributed by atoms with Crippen LogP contribution in [0.2, 0.25) is 0 Å². The molecule has 5 nitrogen and oxygen atoms in total. The Labute approximate surface area is 143 Å². The molecule has 0 amide bonds. The molecule has 2 N–H and O–H groups in total. The topological polar surface area (TPSA) is 65.5 Å². The average Bonchev–Trinajstić information content (AvgIpc) is 3.37. The molecule has 0 unspecified atom stereocenters. The first-order chi connectivity index (χ1) is 12.3. The highest BCUT2D eigenvalue weighted by Crippen LogP contribution is 2.33. The Morgan fingerprint density at radius 1 is 0.880 bits per heavy atom. The molecule has 4 aliphatic heterocycles. The Bertz CT molecular complexity index is 1210. The standard InChI is InChI=1S/C20H14N4O/c1-5-15-19-16-7-3-13(23-16)10-14-4-8-18(24-14)20(25-19)17-6-2-12(22-17)9-11(1)21-15/h1-3,5-7,9-10,22-23H,4,8H2. The fourth-order valence-electron chi connectivity index (χ4n) is 3.60. The van der Waals surface area contributed by atoms with Crippen molar-refractivity contribution >= 4 is 35.1 Å². The van der Waals surface area contributed by atoms with Gasteiger partial charge in [0.2, 0.25) is 0 Å². The second kappa shape index (κ2) is 4.60. The van der Waals surface area contributed by atoms with Crippen LogP contribution in [0.5, 0.6) is 0 Å². The molecule has 25 heavy (non-hydrogen) atoms. The van der Waals surface area contributed by atoms with Gasteiger partial charge in [-0.2, -0.15) is 0 Å². The second-order valence-electron chi connectivity index (χ2n) is 6.51. The maximum Gasteiger partial charge on any atom is 0.176 e. The van der Waals surface area contributed by atoms with E-state index in [1.54, 1.807) is 0 Å². The zero-order valence-corrected chi connectivity index (χ0v) is 13.3. The van der Waals surface area contributed by atoms with Gasteiger partial charge in [0.25, 0.3) is 0 Å². The van der Waals surface area contributed by atoms with Crippen LogP contribution in [-0.2, 0) is 4.74 Å². The zero-order chi connectivity index (χ0) is 16.4. The quantitative estimate of drug-likeness (QED) is 0.717. The summed E-state index contributed by atoms with van der Waals surface area (Å²) in [7, 11) is 0. The number of aliphatic imine (C=N–C) groups is 2. The number of aromatic amines is 2. The van der Waals surface area contributed by atoms with E-state index in [1.165, 1.54) is 0 Å². The molecule has 0 saturated carbocycles. The lowest BCUT2D eigenvalue weighted by atomic mass is 10.2. The third-order valence-corrected chi connectivity index (χ3v) is 4.79. The molecule has 0 fully saturated rings. The van der Waals surface area contributed by atoms with E-state index in [9.17, 15) is 0 Å². The Morgan fingerprint density at radius 2 is 1.88 bits per heavy atom. The van der Waals surface area contributed by atoms with Crippen molar-refractivity contribution < 1.29 is 4.74 Å². The largest absolute Gasteiger partial charge is 0.449 e. The first-order valence-electron chi connectivity index (χ1n) is 8.40. The van der Waals surface area contributed by atoms with E-state index in [0.717, 1.165) is 69.3 Å². The number of rotatable bonds is 0. The summed E-state index contributed by atoms with van der Waals surface area (Å²) >= 11 is 0. The van der Waals surface area contributed by atoms with Gasteiger partial charge in [-0.25, -0.2) is 4.99 Å². The lowest BCUT2D eigenvalue weighted by Crippen LogP contribution is -2.19. The highest BCUT2D eigenvalue weighted by Gasteiger charge is 2.24. The number of H-pyrrole nitrogens is 2. The first-order valence-corrected chi connectivity index (χ1v) is 8.40. The summed E-state index contributed by atoms with van der Waals surface area (Å²) in [5.41, 5.74) is 5.74. The highest BCUT2D eigenvalue weighted by molar-refractivity contribution is 6.24. The maximum absolute atomic E-state index is 6.46. The molecule has 0 spiro atoms. The predicted molar refractivity (Wildman–Crippen MR) is 97.9 cm³/mol. The molecule has 0 atom stereocenters. The average molecular weight is 326 g/mol. The number of aromatic nitrogens is 2. The molecule has 2 aromatic rings. The van der Waals surface area contributed by atoms with Crippen LogP contribution in [0.3, 0.4) is 0 Å². The number of fused-ring (bicyclic) bond motifs is 10. The van der Waals surface area contributed by atoms with Gasteiger partial charge in [0.05, 0.1) is 22.4 Å². The van der Waals surface area contributed by atoms with E-state index in [0.29, 0.717) is 0 Å². The molecular formula is C20H14N4O. The lowest BCUT2D eigenvalue weighted by molar-refractivity contribution is 0.467. The number of hydrogen-bond donors (Lipinski definition) is 2. The van der Waals surface area contributed by atoms with E-state index >= 15 is 0 Å². The minimum absolute atomic E-state index is 0.727. The van der Waals surface area contributed by atoms with Crippen LogP contribution in [0.1, 0.15) is 24.2 Å². The van der Waals surface area contributed by atoms with Crippen LogP contribution in [-0.4, -0.2) is 21.4 Å². The van der Waals surface area contributed by atoms with Crippen molar-refractivity contribution in [1.29, 1.82) is 0 Å². The van der Waals surface area contributed by atoms with Gasteiger partial charge < -0.3 is 14.7 Å². The van der Waals surface area contributed by atoms with Gasteiger partial charge in [-0.3, -0.25) is 4.99 Å². The van der Waals surface area contributed by atoms with Gasteiger partial charge in [0.15, 0.2) is 11.5 Å². The van der Waals surface area contributed by atoms with E-state index in [1.807, 2.05) is 36.4 Å². The number of nitrogens with one attached hydrogen (secondary N) is 2. The molecule has 120 valence electrons. The zero-order valence-electron chi connectivity index (χ0n) is 13.3. The van der Waals surface area contributed by atoms with Crippen LogP contribution in [0.25, 0.3) is 23.7 Å². The van der Waals surface area contributed by atoms with E-state index < -0.39 is 0 Å². The summed E-state index contributed by atoms with van der Waals surface area (Å²) in [6, 6.07) is 8.18. The van der Waals surface area contributed by atoms with Gasteiger partial charge in [-0.1, -0.05) is 0 Å². The summed E-state index contributed by atoms with van der Waals surface area (Å²) in [4.78, 5) is 16.4. The number of allylic oxidation sites excluding steroid dienone is 2. The highest BCUT2D eigenvalue weighted by atomic mass is 16.5. The van der Waals surface area contributed by atoms with Crippen molar-refractivity contribution in [3.8, 4) is 0 Å². The third kappa shape index (κ3) is 1.96. The van der Waals surface area contributed by atoms with E-state index in [4.69, 9.17) is 14.7 Å². The van der Waals surface area contributed by atoms with Crippen LogP contribution in [0, 0.1) is 0 Å². The van der Waals surface area contributed by atoms with Crippen LogP contribution in [0.15, 0.2) is 57.8 Å². The fraction of sp³-hybridized carbons (Fsp3) is 0.100. The van der Waals surface area contributed by atoms with Crippen molar-refractivity contribution in [3.63, 3.8) is 0 Å². The van der Waals surface area contributed by atoms with E-state index in [2.05, 4.69) is 22.1 Å². The molecule has 0 aromatic carbocycles. The summed E-state index contributed by atoms with van der Waals surface area (Å²) in [6.07, 6.45) is 9.95. The van der Waals surface area contributed by atoms with Gasteiger partial charge >= 0.3 is 0 Å². The van der Waals surface area contributed by atoms with Gasteiger partial charge in [-0.05, 0) is 61.4 Å². The van der Waals surface area contributed by atoms with Gasteiger partial charge in [-0.15, -0.1) is 0 Å². The molecule has 0 radical (unpaired) electrons. The summed E-state index contributed by atoms with van der Waals surface area (Å²) in [5, 5.41) is 1.95. The Kier molecular flexibility index (Phi) is 2.39. The molecule has 10 bridgehead atoms. The Morgan fingerprint density at radius 3 is 2.88 bits per heavy atom. The van der Waals surface area contributed by atoms with Crippen LogP contribution in [0.4, 0.5) is 0 Å². The normalized spacial score (nSPS) is 19.8. The molecule has 2 aromatic heterocycles. The molecule has 0 aliphatic carbocycles. The summed E-state index contributed by atoms with van der Waals surface area (Å²) in [5.74, 6) is 1.51. The molecule has 6 rings (SSSR count). The minimum Gasteiger partial charge on any atom is -0.449 e. The van der Waals surface area contributed by atoms with Gasteiger partial charge in [0.1, 0.15) is 5.71 Å².